The van der Waals surface area contributed by atoms with Gasteiger partial charge in [-0.25, -0.2) is 0 Å². The van der Waals surface area contributed by atoms with E-state index in [-0.39, 0.29) is 7.43 Å². The zero-order chi connectivity index (χ0) is 10.4. The fraction of sp³-hybridized carbons (Fsp3) is 0.375. The highest BCUT2D eigenvalue weighted by Gasteiger charge is 2.25. The van der Waals surface area contributed by atoms with Gasteiger partial charge in [-0.2, -0.15) is 0 Å². The van der Waals surface area contributed by atoms with Crippen LogP contribution in [0.15, 0.2) is 36.4 Å². The molecule has 1 unspecified atom stereocenters. The third kappa shape index (κ3) is 1.44. The van der Waals surface area contributed by atoms with Crippen LogP contribution in [0.5, 0.6) is 0 Å². The van der Waals surface area contributed by atoms with Crippen molar-refractivity contribution in [3.05, 3.63) is 47.5 Å². The summed E-state index contributed by atoms with van der Waals surface area (Å²) in [6.45, 7) is 4.66. The largest absolute Gasteiger partial charge is 0.0776 e. The Kier molecular flexibility index (Phi) is 2.75. The van der Waals surface area contributed by atoms with Gasteiger partial charge in [-0.1, -0.05) is 57.7 Å². The molecular formula is C16H20. The van der Waals surface area contributed by atoms with E-state index in [4.69, 9.17) is 0 Å². The Bertz CT molecular complexity index is 503. The topological polar surface area (TPSA) is 0 Å². The molecule has 0 saturated heterocycles. The van der Waals surface area contributed by atoms with Gasteiger partial charge in [0.25, 0.3) is 0 Å². The zero-order valence-electron chi connectivity index (χ0n) is 9.33. The third-order valence-corrected chi connectivity index (χ3v) is 3.67. The molecule has 2 aromatic carbocycles. The molecule has 3 rings (SSSR count). The number of benzene rings is 2. The third-order valence-electron chi connectivity index (χ3n) is 3.67. The Morgan fingerprint density at radius 3 is 2.44 bits per heavy atom. The van der Waals surface area contributed by atoms with Crippen LogP contribution in [0.25, 0.3) is 10.8 Å². The van der Waals surface area contributed by atoms with Gasteiger partial charge in [0.15, 0.2) is 0 Å². The van der Waals surface area contributed by atoms with Crippen LogP contribution in [0.4, 0.5) is 0 Å². The fourth-order valence-corrected chi connectivity index (χ4v) is 2.87. The minimum atomic E-state index is 0. The van der Waals surface area contributed by atoms with Crippen LogP contribution in [-0.4, -0.2) is 0 Å². The van der Waals surface area contributed by atoms with E-state index in [1.807, 2.05) is 0 Å². The highest BCUT2D eigenvalue weighted by atomic mass is 14.3. The SMILES string of the molecule is C.CC(C)C1Cc2cccc3cccc1c23. The predicted molar refractivity (Wildman–Crippen MR) is 72.0 cm³/mol. The lowest BCUT2D eigenvalue weighted by Crippen LogP contribution is -2.04. The number of hydrogen-bond acceptors (Lipinski definition) is 0. The molecule has 16 heavy (non-hydrogen) atoms. The Morgan fingerprint density at radius 1 is 1.06 bits per heavy atom. The minimum Gasteiger partial charge on any atom is -0.0776 e. The molecule has 0 amide bonds. The summed E-state index contributed by atoms with van der Waals surface area (Å²) in [5, 5.41) is 2.94. The maximum Gasteiger partial charge on any atom is -0.00919 e. The van der Waals surface area contributed by atoms with E-state index in [2.05, 4.69) is 50.2 Å². The first kappa shape index (κ1) is 11.2. The van der Waals surface area contributed by atoms with Gasteiger partial charge in [0.05, 0.1) is 0 Å². The Hall–Kier alpha value is -1.30. The second kappa shape index (κ2) is 3.93. The van der Waals surface area contributed by atoms with E-state index < -0.39 is 0 Å². The van der Waals surface area contributed by atoms with Crippen molar-refractivity contribution < 1.29 is 0 Å². The summed E-state index contributed by atoms with van der Waals surface area (Å²) in [4.78, 5) is 0. The van der Waals surface area contributed by atoms with E-state index in [0.29, 0.717) is 0 Å². The Morgan fingerprint density at radius 2 is 1.75 bits per heavy atom. The van der Waals surface area contributed by atoms with Crippen LogP contribution in [0, 0.1) is 5.92 Å². The molecule has 0 spiro atoms. The summed E-state index contributed by atoms with van der Waals surface area (Å²) in [6, 6.07) is 13.4. The molecule has 0 radical (unpaired) electrons. The summed E-state index contributed by atoms with van der Waals surface area (Å²) in [6.07, 6.45) is 1.23. The molecule has 1 aliphatic carbocycles. The second-order valence-corrected chi connectivity index (χ2v) is 4.92. The summed E-state index contributed by atoms with van der Waals surface area (Å²) >= 11 is 0. The second-order valence-electron chi connectivity index (χ2n) is 4.92. The van der Waals surface area contributed by atoms with Crippen molar-refractivity contribution in [2.24, 2.45) is 5.92 Å². The molecule has 0 heteroatoms. The van der Waals surface area contributed by atoms with Crippen molar-refractivity contribution in [3.63, 3.8) is 0 Å². The van der Waals surface area contributed by atoms with E-state index in [9.17, 15) is 0 Å². The van der Waals surface area contributed by atoms with Gasteiger partial charge >= 0.3 is 0 Å². The molecule has 1 atom stereocenters. The van der Waals surface area contributed by atoms with Gasteiger partial charge in [-0.05, 0) is 40.2 Å². The first-order valence-electron chi connectivity index (χ1n) is 5.78. The molecule has 0 aliphatic heterocycles. The molecule has 0 nitrogen and oxygen atoms in total. The van der Waals surface area contributed by atoms with Crippen molar-refractivity contribution in [1.82, 2.24) is 0 Å². The smallest absolute Gasteiger partial charge is 0.00919 e. The summed E-state index contributed by atoms with van der Waals surface area (Å²) < 4.78 is 0. The van der Waals surface area contributed by atoms with Crippen LogP contribution in [0.1, 0.15) is 38.3 Å². The van der Waals surface area contributed by atoms with Crippen LogP contribution in [0.2, 0.25) is 0 Å². The van der Waals surface area contributed by atoms with E-state index in [1.165, 1.54) is 17.2 Å². The van der Waals surface area contributed by atoms with Gasteiger partial charge in [0.1, 0.15) is 0 Å². The molecule has 0 aromatic heterocycles. The van der Waals surface area contributed by atoms with E-state index in [1.54, 1.807) is 11.1 Å². The first-order chi connectivity index (χ1) is 7.27. The maximum absolute atomic E-state index is 2.33. The molecular weight excluding hydrogens is 192 g/mol. The lowest BCUT2D eigenvalue weighted by Gasteiger charge is -2.15. The maximum atomic E-state index is 2.33. The number of hydrogen-bond donors (Lipinski definition) is 0. The molecule has 0 saturated carbocycles. The zero-order valence-corrected chi connectivity index (χ0v) is 9.33. The average Bonchev–Trinajstić information content (AvgIpc) is 2.61. The molecule has 84 valence electrons. The highest BCUT2D eigenvalue weighted by molar-refractivity contribution is 5.91. The molecule has 0 fully saturated rings. The minimum absolute atomic E-state index is 0. The van der Waals surface area contributed by atoms with Gasteiger partial charge < -0.3 is 0 Å². The van der Waals surface area contributed by atoms with E-state index >= 15 is 0 Å². The van der Waals surface area contributed by atoms with Gasteiger partial charge in [0, 0.05) is 0 Å². The Labute approximate surface area is 98.3 Å². The van der Waals surface area contributed by atoms with Crippen molar-refractivity contribution in [3.8, 4) is 0 Å². The van der Waals surface area contributed by atoms with Gasteiger partial charge in [0.2, 0.25) is 0 Å². The molecule has 0 N–H and O–H groups in total. The summed E-state index contributed by atoms with van der Waals surface area (Å²) in [5.74, 6) is 1.47. The lowest BCUT2D eigenvalue weighted by molar-refractivity contribution is 0.510. The molecule has 0 heterocycles. The molecule has 0 bridgehead atoms. The van der Waals surface area contributed by atoms with Gasteiger partial charge in [-0.15, -0.1) is 0 Å². The van der Waals surface area contributed by atoms with Crippen LogP contribution >= 0.6 is 0 Å². The molecule has 2 aromatic rings. The summed E-state index contributed by atoms with van der Waals surface area (Å²) in [7, 11) is 0. The average molecular weight is 212 g/mol. The quantitative estimate of drug-likeness (QED) is 0.638. The lowest BCUT2D eigenvalue weighted by atomic mass is 9.89. The van der Waals surface area contributed by atoms with E-state index in [0.717, 1.165) is 11.8 Å². The van der Waals surface area contributed by atoms with Crippen LogP contribution in [-0.2, 0) is 6.42 Å². The summed E-state index contributed by atoms with van der Waals surface area (Å²) in [5.41, 5.74) is 3.11. The first-order valence-corrected chi connectivity index (χ1v) is 5.78. The van der Waals surface area contributed by atoms with Gasteiger partial charge in [-0.3, -0.25) is 0 Å². The highest BCUT2D eigenvalue weighted by Crippen LogP contribution is 2.41. The fourth-order valence-electron chi connectivity index (χ4n) is 2.87. The van der Waals surface area contributed by atoms with Crippen molar-refractivity contribution in [2.75, 3.05) is 0 Å². The van der Waals surface area contributed by atoms with Crippen molar-refractivity contribution in [2.45, 2.75) is 33.6 Å². The standard InChI is InChI=1S/C15H16.CH4/c1-10(2)14-9-12-7-3-5-11-6-4-8-13(14)15(11)12;/h3-8,10,14H,9H2,1-2H3;1H4. The Balaban J connectivity index is 0.000000963. The van der Waals surface area contributed by atoms with Crippen LogP contribution < -0.4 is 0 Å². The van der Waals surface area contributed by atoms with Crippen LogP contribution in [0.3, 0.4) is 0 Å². The molecule has 1 aliphatic rings. The van der Waals surface area contributed by atoms with Crippen molar-refractivity contribution >= 4 is 10.8 Å². The predicted octanol–water partition coefficient (Wildman–Crippen LogP) is 4.77. The normalized spacial score (nSPS) is 17.8. The van der Waals surface area contributed by atoms with Crippen molar-refractivity contribution in [1.29, 1.82) is 0 Å². The monoisotopic (exact) mass is 212 g/mol. The number of rotatable bonds is 1.